The molecule has 0 aromatic heterocycles. The maximum atomic E-state index is 12.4. The second-order valence-corrected chi connectivity index (χ2v) is 6.25. The highest BCUT2D eigenvalue weighted by molar-refractivity contribution is 5.93. The molecular formula is C18H27N3O3. The highest BCUT2D eigenvalue weighted by Gasteiger charge is 2.23. The van der Waals surface area contributed by atoms with Crippen LogP contribution >= 0.6 is 0 Å². The van der Waals surface area contributed by atoms with E-state index in [9.17, 15) is 9.59 Å². The number of piperidine rings is 1. The predicted octanol–water partition coefficient (Wildman–Crippen LogP) is 2.45. The third-order valence-electron chi connectivity index (χ3n) is 4.22. The Hall–Kier alpha value is -2.08. The molecule has 1 saturated heterocycles. The standard InChI is InChI=1S/C18H27N3O3/c1-4-24-18(23)19-15-9-6-10-21(11-15)12-16(22)20-17-13(2)7-5-8-14(17)3/h5,7-8,15H,4,6,9-12H2,1-3H3,(H,19,23)(H,20,22). The first-order chi connectivity index (χ1) is 11.5. The van der Waals surface area contributed by atoms with Gasteiger partial charge in [-0.25, -0.2) is 4.79 Å². The molecule has 1 aromatic rings. The van der Waals surface area contributed by atoms with Crippen LogP contribution in [0.1, 0.15) is 30.9 Å². The van der Waals surface area contributed by atoms with Crippen molar-refractivity contribution in [1.82, 2.24) is 10.2 Å². The van der Waals surface area contributed by atoms with Gasteiger partial charge in [-0.2, -0.15) is 0 Å². The van der Waals surface area contributed by atoms with Gasteiger partial charge >= 0.3 is 6.09 Å². The van der Waals surface area contributed by atoms with Gasteiger partial charge in [0.2, 0.25) is 5.91 Å². The molecule has 0 spiro atoms. The summed E-state index contributed by atoms with van der Waals surface area (Å²) in [5, 5.41) is 5.87. The average molecular weight is 333 g/mol. The maximum Gasteiger partial charge on any atom is 0.407 e. The van der Waals surface area contributed by atoms with Crippen molar-refractivity contribution in [2.75, 3.05) is 31.6 Å². The molecule has 2 amide bonds. The fourth-order valence-electron chi connectivity index (χ4n) is 3.05. The SMILES string of the molecule is CCOC(=O)NC1CCCN(CC(=O)Nc2c(C)cccc2C)C1. The van der Waals surface area contributed by atoms with Gasteiger partial charge in [0.25, 0.3) is 0 Å². The third-order valence-corrected chi connectivity index (χ3v) is 4.22. The van der Waals surface area contributed by atoms with E-state index in [0.29, 0.717) is 19.7 Å². The number of alkyl carbamates (subject to hydrolysis) is 1. The van der Waals surface area contributed by atoms with Crippen molar-refractivity contribution in [3.63, 3.8) is 0 Å². The number of carbonyl (C=O) groups is 2. The summed E-state index contributed by atoms with van der Waals surface area (Å²) in [6, 6.07) is 5.99. The van der Waals surface area contributed by atoms with E-state index in [0.717, 1.165) is 36.2 Å². The van der Waals surface area contributed by atoms with E-state index in [4.69, 9.17) is 4.74 Å². The van der Waals surface area contributed by atoms with Gasteiger partial charge in [0, 0.05) is 18.3 Å². The van der Waals surface area contributed by atoms with Gasteiger partial charge in [0.05, 0.1) is 13.2 Å². The number of para-hydroxylation sites is 1. The van der Waals surface area contributed by atoms with Crippen LogP contribution in [0.4, 0.5) is 10.5 Å². The normalized spacial score (nSPS) is 18.0. The second-order valence-electron chi connectivity index (χ2n) is 6.25. The van der Waals surface area contributed by atoms with Crippen LogP contribution in [-0.4, -0.2) is 49.2 Å². The molecule has 0 aliphatic carbocycles. The highest BCUT2D eigenvalue weighted by Crippen LogP contribution is 2.19. The Kier molecular flexibility index (Phi) is 6.61. The molecule has 6 heteroatoms. The Balaban J connectivity index is 1.86. The van der Waals surface area contributed by atoms with E-state index < -0.39 is 0 Å². The number of amides is 2. The molecule has 0 saturated carbocycles. The molecular weight excluding hydrogens is 306 g/mol. The first-order valence-electron chi connectivity index (χ1n) is 8.51. The number of likely N-dealkylation sites (tertiary alicyclic amines) is 1. The van der Waals surface area contributed by atoms with Crippen LogP contribution in [0.5, 0.6) is 0 Å². The number of anilines is 1. The zero-order chi connectivity index (χ0) is 17.5. The third kappa shape index (κ3) is 5.23. The molecule has 6 nitrogen and oxygen atoms in total. The Bertz CT molecular complexity index is 569. The zero-order valence-corrected chi connectivity index (χ0v) is 14.7. The Morgan fingerprint density at radius 1 is 1.29 bits per heavy atom. The lowest BCUT2D eigenvalue weighted by atomic mass is 10.1. The lowest BCUT2D eigenvalue weighted by Gasteiger charge is -2.32. The summed E-state index contributed by atoms with van der Waals surface area (Å²) in [7, 11) is 0. The highest BCUT2D eigenvalue weighted by atomic mass is 16.5. The van der Waals surface area contributed by atoms with Gasteiger partial charge in [-0.15, -0.1) is 0 Å². The summed E-state index contributed by atoms with van der Waals surface area (Å²) in [5.74, 6) is -0.0239. The topological polar surface area (TPSA) is 70.7 Å². The van der Waals surface area contributed by atoms with Crippen molar-refractivity contribution in [2.24, 2.45) is 0 Å². The van der Waals surface area contributed by atoms with E-state index in [1.807, 2.05) is 32.0 Å². The van der Waals surface area contributed by atoms with Crippen LogP contribution in [-0.2, 0) is 9.53 Å². The van der Waals surface area contributed by atoms with Crippen LogP contribution in [0.3, 0.4) is 0 Å². The van der Waals surface area contributed by atoms with Gasteiger partial charge < -0.3 is 15.4 Å². The molecule has 1 aromatic carbocycles. The van der Waals surface area contributed by atoms with Crippen molar-refractivity contribution in [1.29, 1.82) is 0 Å². The lowest BCUT2D eigenvalue weighted by Crippen LogP contribution is -2.49. The van der Waals surface area contributed by atoms with Gasteiger partial charge in [-0.1, -0.05) is 18.2 Å². The van der Waals surface area contributed by atoms with Gasteiger partial charge in [-0.05, 0) is 51.3 Å². The number of nitrogens with zero attached hydrogens (tertiary/aromatic N) is 1. The molecule has 132 valence electrons. The van der Waals surface area contributed by atoms with E-state index in [1.165, 1.54) is 0 Å². The Morgan fingerprint density at radius 2 is 2.00 bits per heavy atom. The molecule has 1 unspecified atom stereocenters. The lowest BCUT2D eigenvalue weighted by molar-refractivity contribution is -0.117. The summed E-state index contributed by atoms with van der Waals surface area (Å²) in [6.07, 6.45) is 1.48. The number of ether oxygens (including phenoxy) is 1. The largest absolute Gasteiger partial charge is 0.450 e. The van der Waals surface area contributed by atoms with E-state index >= 15 is 0 Å². The molecule has 2 rings (SSSR count). The van der Waals surface area contributed by atoms with Crippen molar-refractivity contribution >= 4 is 17.7 Å². The number of rotatable bonds is 5. The maximum absolute atomic E-state index is 12.4. The number of hydrogen-bond donors (Lipinski definition) is 2. The molecule has 1 aliphatic heterocycles. The Morgan fingerprint density at radius 3 is 2.67 bits per heavy atom. The second kappa shape index (κ2) is 8.68. The summed E-state index contributed by atoms with van der Waals surface area (Å²) >= 11 is 0. The van der Waals surface area contributed by atoms with Crippen molar-refractivity contribution in [3.05, 3.63) is 29.3 Å². The summed E-state index contributed by atoms with van der Waals surface area (Å²) in [4.78, 5) is 25.9. The van der Waals surface area contributed by atoms with Crippen LogP contribution < -0.4 is 10.6 Å². The first kappa shape index (κ1) is 18.3. The van der Waals surface area contributed by atoms with Gasteiger partial charge in [0.15, 0.2) is 0 Å². The number of benzene rings is 1. The fraction of sp³-hybridized carbons (Fsp3) is 0.556. The number of hydrogen-bond acceptors (Lipinski definition) is 4. The predicted molar refractivity (Wildman–Crippen MR) is 94.2 cm³/mol. The smallest absolute Gasteiger partial charge is 0.407 e. The summed E-state index contributed by atoms with van der Waals surface area (Å²) < 4.78 is 4.92. The Labute approximate surface area is 143 Å². The minimum absolute atomic E-state index is 0.0239. The van der Waals surface area contributed by atoms with Gasteiger partial charge in [-0.3, -0.25) is 9.69 Å². The van der Waals surface area contributed by atoms with Crippen molar-refractivity contribution < 1.29 is 14.3 Å². The van der Waals surface area contributed by atoms with Crippen LogP contribution in [0, 0.1) is 13.8 Å². The molecule has 1 atom stereocenters. The van der Waals surface area contributed by atoms with Crippen LogP contribution in [0.15, 0.2) is 18.2 Å². The van der Waals surface area contributed by atoms with Crippen molar-refractivity contribution in [2.45, 2.75) is 39.7 Å². The summed E-state index contributed by atoms with van der Waals surface area (Å²) in [6.45, 7) is 7.98. The number of carbonyl (C=O) groups excluding carboxylic acids is 2. The molecule has 0 radical (unpaired) electrons. The number of nitrogens with one attached hydrogen (secondary N) is 2. The molecule has 2 N–H and O–H groups in total. The van der Waals surface area contributed by atoms with Crippen LogP contribution in [0.25, 0.3) is 0 Å². The van der Waals surface area contributed by atoms with Gasteiger partial charge in [0.1, 0.15) is 0 Å². The van der Waals surface area contributed by atoms with Crippen molar-refractivity contribution in [3.8, 4) is 0 Å². The molecule has 24 heavy (non-hydrogen) atoms. The van der Waals surface area contributed by atoms with E-state index in [2.05, 4.69) is 15.5 Å². The molecule has 1 aliphatic rings. The summed E-state index contributed by atoms with van der Waals surface area (Å²) in [5.41, 5.74) is 3.01. The van der Waals surface area contributed by atoms with E-state index in [1.54, 1.807) is 6.92 Å². The molecule has 1 fully saturated rings. The minimum atomic E-state index is -0.385. The minimum Gasteiger partial charge on any atom is -0.450 e. The van der Waals surface area contributed by atoms with E-state index in [-0.39, 0.29) is 18.0 Å². The number of aryl methyl sites for hydroxylation is 2. The monoisotopic (exact) mass is 333 g/mol. The first-order valence-corrected chi connectivity index (χ1v) is 8.51. The molecule has 0 bridgehead atoms. The van der Waals surface area contributed by atoms with Crippen LogP contribution in [0.2, 0.25) is 0 Å². The average Bonchev–Trinajstić information content (AvgIpc) is 2.51. The molecule has 1 heterocycles. The quantitative estimate of drug-likeness (QED) is 0.868. The zero-order valence-electron chi connectivity index (χ0n) is 14.7. The fourth-order valence-corrected chi connectivity index (χ4v) is 3.05.